The SMILES string of the molecule is CCCNc1cc(COC)nc(-c2cncc(Br)c2)n1. The van der Waals surface area contributed by atoms with E-state index in [1.807, 2.05) is 12.1 Å². The van der Waals surface area contributed by atoms with Gasteiger partial charge < -0.3 is 10.1 Å². The van der Waals surface area contributed by atoms with Gasteiger partial charge in [-0.2, -0.15) is 0 Å². The summed E-state index contributed by atoms with van der Waals surface area (Å²) in [4.78, 5) is 13.2. The molecule has 0 saturated heterocycles. The number of ether oxygens (including phenoxy) is 1. The van der Waals surface area contributed by atoms with Gasteiger partial charge in [0.2, 0.25) is 0 Å². The van der Waals surface area contributed by atoms with Gasteiger partial charge >= 0.3 is 0 Å². The number of aromatic nitrogens is 3. The number of pyridine rings is 1. The normalized spacial score (nSPS) is 10.6. The fourth-order valence-corrected chi connectivity index (χ4v) is 2.09. The number of nitrogens with one attached hydrogen (secondary N) is 1. The highest BCUT2D eigenvalue weighted by atomic mass is 79.9. The summed E-state index contributed by atoms with van der Waals surface area (Å²) in [5.74, 6) is 1.45. The summed E-state index contributed by atoms with van der Waals surface area (Å²) in [7, 11) is 1.65. The predicted molar refractivity (Wildman–Crippen MR) is 82.5 cm³/mol. The van der Waals surface area contributed by atoms with E-state index in [0.29, 0.717) is 12.4 Å². The van der Waals surface area contributed by atoms with Crippen LogP contribution in [-0.4, -0.2) is 28.6 Å². The lowest BCUT2D eigenvalue weighted by Gasteiger charge is -2.09. The van der Waals surface area contributed by atoms with Crippen molar-refractivity contribution in [3.8, 4) is 11.4 Å². The van der Waals surface area contributed by atoms with Crippen molar-refractivity contribution in [2.24, 2.45) is 0 Å². The highest BCUT2D eigenvalue weighted by Crippen LogP contribution is 2.20. The Hall–Kier alpha value is -1.53. The predicted octanol–water partition coefficient (Wildman–Crippen LogP) is 3.27. The number of methoxy groups -OCH3 is 1. The molecule has 0 unspecified atom stereocenters. The maximum Gasteiger partial charge on any atom is 0.163 e. The fourth-order valence-electron chi connectivity index (χ4n) is 1.73. The molecular formula is C14H17BrN4O. The monoisotopic (exact) mass is 336 g/mol. The number of nitrogens with zero attached hydrogens (tertiary/aromatic N) is 3. The van der Waals surface area contributed by atoms with Crippen LogP contribution >= 0.6 is 15.9 Å². The minimum Gasteiger partial charge on any atom is -0.378 e. The van der Waals surface area contributed by atoms with Crippen LogP contribution in [0.4, 0.5) is 5.82 Å². The van der Waals surface area contributed by atoms with Gasteiger partial charge in [0.25, 0.3) is 0 Å². The molecule has 0 spiro atoms. The molecule has 0 aromatic carbocycles. The maximum atomic E-state index is 5.16. The standard InChI is InChI=1S/C14H17BrN4O/c1-3-4-17-13-6-12(9-20-2)18-14(19-13)10-5-11(15)8-16-7-10/h5-8H,3-4,9H2,1-2H3,(H,17,18,19). The van der Waals surface area contributed by atoms with E-state index < -0.39 is 0 Å². The van der Waals surface area contributed by atoms with Crippen LogP contribution in [0.5, 0.6) is 0 Å². The highest BCUT2D eigenvalue weighted by Gasteiger charge is 2.07. The number of hydrogen-bond donors (Lipinski definition) is 1. The van der Waals surface area contributed by atoms with E-state index in [0.717, 1.165) is 34.5 Å². The maximum absolute atomic E-state index is 5.16. The Morgan fingerprint density at radius 1 is 1.25 bits per heavy atom. The summed E-state index contributed by atoms with van der Waals surface area (Å²) in [6, 6.07) is 3.86. The summed E-state index contributed by atoms with van der Waals surface area (Å²) in [5.41, 5.74) is 1.72. The van der Waals surface area contributed by atoms with Gasteiger partial charge in [0.05, 0.1) is 12.3 Å². The highest BCUT2D eigenvalue weighted by molar-refractivity contribution is 9.10. The first-order valence-corrected chi connectivity index (χ1v) is 7.24. The average molecular weight is 337 g/mol. The third-order valence-electron chi connectivity index (χ3n) is 2.59. The lowest BCUT2D eigenvalue weighted by atomic mass is 10.2. The number of anilines is 1. The molecule has 0 aliphatic rings. The molecule has 6 heteroatoms. The van der Waals surface area contributed by atoms with Crippen molar-refractivity contribution in [2.45, 2.75) is 20.0 Å². The van der Waals surface area contributed by atoms with Gasteiger partial charge in [0, 0.05) is 42.2 Å². The zero-order chi connectivity index (χ0) is 14.4. The third kappa shape index (κ3) is 3.98. The molecule has 0 radical (unpaired) electrons. The molecule has 2 aromatic heterocycles. The van der Waals surface area contributed by atoms with Crippen LogP contribution in [0.1, 0.15) is 19.0 Å². The molecule has 2 heterocycles. The van der Waals surface area contributed by atoms with E-state index in [9.17, 15) is 0 Å². The molecule has 0 saturated carbocycles. The minimum atomic E-state index is 0.456. The van der Waals surface area contributed by atoms with Crippen LogP contribution in [0.25, 0.3) is 11.4 Å². The summed E-state index contributed by atoms with van der Waals surface area (Å²) in [5, 5.41) is 3.28. The summed E-state index contributed by atoms with van der Waals surface area (Å²) in [6.45, 7) is 3.45. The molecule has 1 N–H and O–H groups in total. The van der Waals surface area contributed by atoms with Crippen LogP contribution in [-0.2, 0) is 11.3 Å². The Morgan fingerprint density at radius 2 is 2.10 bits per heavy atom. The molecule has 0 amide bonds. The van der Waals surface area contributed by atoms with Gasteiger partial charge in [0.15, 0.2) is 5.82 Å². The van der Waals surface area contributed by atoms with Crippen molar-refractivity contribution in [1.29, 1.82) is 0 Å². The molecule has 2 aromatic rings. The van der Waals surface area contributed by atoms with E-state index in [1.54, 1.807) is 19.5 Å². The van der Waals surface area contributed by atoms with E-state index >= 15 is 0 Å². The van der Waals surface area contributed by atoms with Gasteiger partial charge in [-0.1, -0.05) is 6.92 Å². The summed E-state index contributed by atoms with van der Waals surface area (Å²) < 4.78 is 6.06. The number of rotatable bonds is 6. The van der Waals surface area contributed by atoms with Crippen molar-refractivity contribution < 1.29 is 4.74 Å². The number of hydrogen-bond acceptors (Lipinski definition) is 5. The lowest BCUT2D eigenvalue weighted by Crippen LogP contribution is -2.06. The van der Waals surface area contributed by atoms with Crippen LogP contribution < -0.4 is 5.32 Å². The third-order valence-corrected chi connectivity index (χ3v) is 3.02. The van der Waals surface area contributed by atoms with Crippen molar-refractivity contribution in [2.75, 3.05) is 19.0 Å². The Kier molecular flexibility index (Phi) is 5.43. The smallest absolute Gasteiger partial charge is 0.163 e. The van der Waals surface area contributed by atoms with Crippen molar-refractivity contribution in [3.63, 3.8) is 0 Å². The Balaban J connectivity index is 2.37. The van der Waals surface area contributed by atoms with Gasteiger partial charge in [-0.05, 0) is 28.4 Å². The van der Waals surface area contributed by atoms with Gasteiger partial charge in [0.1, 0.15) is 5.82 Å². The summed E-state index contributed by atoms with van der Waals surface area (Å²) in [6.07, 6.45) is 4.52. The fraction of sp³-hybridized carbons (Fsp3) is 0.357. The van der Waals surface area contributed by atoms with E-state index in [2.05, 4.69) is 43.1 Å². The van der Waals surface area contributed by atoms with E-state index in [-0.39, 0.29) is 0 Å². The van der Waals surface area contributed by atoms with Gasteiger partial charge in [-0.15, -0.1) is 0 Å². The quantitative estimate of drug-likeness (QED) is 0.877. The molecule has 0 aliphatic heterocycles. The van der Waals surface area contributed by atoms with E-state index in [1.165, 1.54) is 0 Å². The molecule has 0 fully saturated rings. The summed E-state index contributed by atoms with van der Waals surface area (Å²) >= 11 is 3.41. The Morgan fingerprint density at radius 3 is 2.80 bits per heavy atom. The second-order valence-electron chi connectivity index (χ2n) is 4.32. The number of halogens is 1. The molecular weight excluding hydrogens is 320 g/mol. The molecule has 0 bridgehead atoms. The Bertz CT molecular complexity index is 577. The molecule has 20 heavy (non-hydrogen) atoms. The van der Waals surface area contributed by atoms with E-state index in [4.69, 9.17) is 4.74 Å². The Labute approximate surface area is 127 Å². The second kappa shape index (κ2) is 7.31. The first-order chi connectivity index (χ1) is 9.72. The first-order valence-electron chi connectivity index (χ1n) is 6.44. The molecule has 2 rings (SSSR count). The van der Waals surface area contributed by atoms with Gasteiger partial charge in [-0.25, -0.2) is 9.97 Å². The second-order valence-corrected chi connectivity index (χ2v) is 5.24. The van der Waals surface area contributed by atoms with Crippen molar-refractivity contribution in [1.82, 2.24) is 15.0 Å². The zero-order valence-corrected chi connectivity index (χ0v) is 13.1. The van der Waals surface area contributed by atoms with Gasteiger partial charge in [-0.3, -0.25) is 4.98 Å². The average Bonchev–Trinajstić information content (AvgIpc) is 2.45. The molecule has 0 aliphatic carbocycles. The molecule has 106 valence electrons. The van der Waals surface area contributed by atoms with Crippen LogP contribution in [0, 0.1) is 0 Å². The van der Waals surface area contributed by atoms with Crippen molar-refractivity contribution >= 4 is 21.7 Å². The molecule has 0 atom stereocenters. The lowest BCUT2D eigenvalue weighted by molar-refractivity contribution is 0.181. The zero-order valence-electron chi connectivity index (χ0n) is 11.6. The topological polar surface area (TPSA) is 59.9 Å². The first kappa shape index (κ1) is 14.9. The van der Waals surface area contributed by atoms with Crippen molar-refractivity contribution in [3.05, 3.63) is 34.7 Å². The van der Waals surface area contributed by atoms with Crippen LogP contribution in [0.15, 0.2) is 29.0 Å². The molecule has 5 nitrogen and oxygen atoms in total. The van der Waals surface area contributed by atoms with Crippen LogP contribution in [0.2, 0.25) is 0 Å². The minimum absolute atomic E-state index is 0.456. The van der Waals surface area contributed by atoms with Crippen LogP contribution in [0.3, 0.4) is 0 Å². The largest absolute Gasteiger partial charge is 0.378 e.